The Hall–Kier alpha value is -3.54. The standard InChI is InChI=1S/C23H19F2N3O/c1-28-20-12-11-16(26-23(29)22-17(24)8-5-9-18(22)25)14-19(20)27-21(28)13-10-15-6-3-2-4-7-15/h2-9,11-12,14H,10,13H2,1H3,(H,26,29). The summed E-state index contributed by atoms with van der Waals surface area (Å²) in [5, 5.41) is 2.55. The number of benzene rings is 3. The van der Waals surface area contributed by atoms with Crippen LogP contribution in [0.1, 0.15) is 21.7 Å². The minimum atomic E-state index is -0.899. The third kappa shape index (κ3) is 3.87. The van der Waals surface area contributed by atoms with Crippen LogP contribution in [0.4, 0.5) is 14.5 Å². The third-order valence-electron chi connectivity index (χ3n) is 4.90. The van der Waals surface area contributed by atoms with Crippen molar-refractivity contribution in [1.29, 1.82) is 0 Å². The van der Waals surface area contributed by atoms with E-state index in [0.717, 1.165) is 36.3 Å². The molecule has 29 heavy (non-hydrogen) atoms. The fraction of sp³-hybridized carbons (Fsp3) is 0.130. The van der Waals surface area contributed by atoms with E-state index >= 15 is 0 Å². The molecule has 1 heterocycles. The first-order chi connectivity index (χ1) is 14.0. The fourth-order valence-electron chi connectivity index (χ4n) is 3.36. The first-order valence-electron chi connectivity index (χ1n) is 9.27. The zero-order valence-electron chi connectivity index (χ0n) is 15.8. The molecule has 0 spiro atoms. The van der Waals surface area contributed by atoms with Crippen molar-refractivity contribution in [2.24, 2.45) is 7.05 Å². The Kier molecular flexibility index (Phi) is 5.08. The van der Waals surface area contributed by atoms with Crippen molar-refractivity contribution in [2.75, 3.05) is 5.32 Å². The Bertz CT molecular complexity index is 1170. The van der Waals surface area contributed by atoms with Gasteiger partial charge in [-0.05, 0) is 42.3 Å². The van der Waals surface area contributed by atoms with E-state index in [0.29, 0.717) is 11.2 Å². The molecule has 0 aliphatic carbocycles. The van der Waals surface area contributed by atoms with Crippen LogP contribution in [0.2, 0.25) is 0 Å². The second kappa shape index (κ2) is 7.83. The molecule has 0 atom stereocenters. The molecule has 1 N–H and O–H groups in total. The highest BCUT2D eigenvalue weighted by Gasteiger charge is 2.17. The Balaban J connectivity index is 1.55. The number of rotatable bonds is 5. The smallest absolute Gasteiger partial charge is 0.261 e. The molecule has 4 rings (SSSR count). The molecule has 0 bridgehead atoms. The average Bonchev–Trinajstić information content (AvgIpc) is 3.02. The molecule has 1 aromatic heterocycles. The van der Waals surface area contributed by atoms with Gasteiger partial charge in [-0.1, -0.05) is 36.4 Å². The molecule has 0 saturated carbocycles. The van der Waals surface area contributed by atoms with Crippen molar-refractivity contribution in [2.45, 2.75) is 12.8 Å². The first kappa shape index (κ1) is 18.8. The van der Waals surface area contributed by atoms with Crippen molar-refractivity contribution in [1.82, 2.24) is 9.55 Å². The number of halogens is 2. The summed E-state index contributed by atoms with van der Waals surface area (Å²) in [4.78, 5) is 17.0. The van der Waals surface area contributed by atoms with Gasteiger partial charge in [0.05, 0.1) is 11.0 Å². The highest BCUT2D eigenvalue weighted by molar-refractivity contribution is 6.05. The summed E-state index contributed by atoms with van der Waals surface area (Å²) >= 11 is 0. The normalized spacial score (nSPS) is 11.0. The van der Waals surface area contributed by atoms with Gasteiger partial charge in [-0.3, -0.25) is 4.79 Å². The summed E-state index contributed by atoms with van der Waals surface area (Å²) in [6, 6.07) is 18.7. The van der Waals surface area contributed by atoms with Crippen LogP contribution >= 0.6 is 0 Å². The van der Waals surface area contributed by atoms with E-state index in [2.05, 4.69) is 22.4 Å². The van der Waals surface area contributed by atoms with Gasteiger partial charge < -0.3 is 9.88 Å². The fourth-order valence-corrected chi connectivity index (χ4v) is 3.36. The maximum Gasteiger partial charge on any atom is 0.261 e. The van der Waals surface area contributed by atoms with E-state index in [4.69, 9.17) is 0 Å². The second-order valence-electron chi connectivity index (χ2n) is 6.83. The minimum absolute atomic E-state index is 0.429. The number of hydrogen-bond acceptors (Lipinski definition) is 2. The average molecular weight is 391 g/mol. The number of aromatic nitrogens is 2. The Labute approximate surface area is 166 Å². The summed E-state index contributed by atoms with van der Waals surface area (Å²) in [6.07, 6.45) is 1.64. The number of carbonyl (C=O) groups is 1. The van der Waals surface area contributed by atoms with Gasteiger partial charge in [0.15, 0.2) is 0 Å². The molecule has 146 valence electrons. The number of anilines is 1. The van der Waals surface area contributed by atoms with Gasteiger partial charge in [0.2, 0.25) is 0 Å². The van der Waals surface area contributed by atoms with Crippen LogP contribution in [0.15, 0.2) is 66.7 Å². The van der Waals surface area contributed by atoms with Gasteiger partial charge in [-0.15, -0.1) is 0 Å². The topological polar surface area (TPSA) is 46.9 Å². The van der Waals surface area contributed by atoms with Gasteiger partial charge in [0, 0.05) is 19.2 Å². The summed E-state index contributed by atoms with van der Waals surface area (Å²) in [5.41, 5.74) is 2.69. The monoisotopic (exact) mass is 391 g/mol. The van der Waals surface area contributed by atoms with Gasteiger partial charge in [-0.25, -0.2) is 13.8 Å². The second-order valence-corrected chi connectivity index (χ2v) is 6.83. The first-order valence-corrected chi connectivity index (χ1v) is 9.27. The van der Waals surface area contributed by atoms with Gasteiger partial charge >= 0.3 is 0 Å². The van der Waals surface area contributed by atoms with E-state index in [1.807, 2.05) is 35.9 Å². The van der Waals surface area contributed by atoms with Gasteiger partial charge in [0.25, 0.3) is 5.91 Å². The Morgan fingerprint density at radius 1 is 0.966 bits per heavy atom. The number of fused-ring (bicyclic) bond motifs is 1. The molecule has 0 aliphatic rings. The van der Waals surface area contributed by atoms with Crippen LogP contribution in [0, 0.1) is 11.6 Å². The van der Waals surface area contributed by atoms with Crippen LogP contribution in [-0.2, 0) is 19.9 Å². The van der Waals surface area contributed by atoms with Crippen molar-refractivity contribution in [3.8, 4) is 0 Å². The van der Waals surface area contributed by atoms with E-state index in [1.165, 1.54) is 11.6 Å². The summed E-state index contributed by atoms with van der Waals surface area (Å²) in [5.74, 6) is -1.71. The molecule has 0 saturated heterocycles. The molecular weight excluding hydrogens is 372 g/mol. The third-order valence-corrected chi connectivity index (χ3v) is 4.90. The lowest BCUT2D eigenvalue weighted by Gasteiger charge is -2.07. The summed E-state index contributed by atoms with van der Waals surface area (Å²) < 4.78 is 29.7. The number of nitrogens with zero attached hydrogens (tertiary/aromatic N) is 2. The molecule has 0 unspecified atom stereocenters. The molecule has 3 aromatic carbocycles. The Morgan fingerprint density at radius 3 is 2.41 bits per heavy atom. The van der Waals surface area contributed by atoms with E-state index < -0.39 is 23.1 Å². The summed E-state index contributed by atoms with van der Waals surface area (Å²) in [7, 11) is 1.95. The van der Waals surface area contributed by atoms with Crippen molar-refractivity contribution < 1.29 is 13.6 Å². The number of aryl methyl sites for hydroxylation is 3. The lowest BCUT2D eigenvalue weighted by molar-refractivity contribution is 0.101. The maximum atomic E-state index is 13.8. The largest absolute Gasteiger partial charge is 0.331 e. The van der Waals surface area contributed by atoms with E-state index in [1.54, 1.807) is 12.1 Å². The molecule has 1 amide bonds. The van der Waals surface area contributed by atoms with Crippen molar-refractivity contribution >= 4 is 22.6 Å². The van der Waals surface area contributed by atoms with Crippen molar-refractivity contribution in [3.63, 3.8) is 0 Å². The molecule has 6 heteroatoms. The predicted molar refractivity (Wildman–Crippen MR) is 109 cm³/mol. The lowest BCUT2D eigenvalue weighted by Crippen LogP contribution is -2.15. The summed E-state index contributed by atoms with van der Waals surface area (Å²) in [6.45, 7) is 0. The van der Waals surface area contributed by atoms with Crippen molar-refractivity contribution in [3.05, 3.63) is 95.3 Å². The van der Waals surface area contributed by atoms with Crippen LogP contribution in [0.3, 0.4) is 0 Å². The zero-order chi connectivity index (χ0) is 20.4. The van der Waals surface area contributed by atoms with Crippen LogP contribution < -0.4 is 5.32 Å². The van der Waals surface area contributed by atoms with Crippen LogP contribution in [0.25, 0.3) is 11.0 Å². The van der Waals surface area contributed by atoms with E-state index in [-0.39, 0.29) is 0 Å². The number of amides is 1. The quantitative estimate of drug-likeness (QED) is 0.527. The lowest BCUT2D eigenvalue weighted by atomic mass is 10.1. The molecule has 0 radical (unpaired) electrons. The van der Waals surface area contributed by atoms with Crippen LogP contribution in [-0.4, -0.2) is 15.5 Å². The maximum absolute atomic E-state index is 13.8. The zero-order valence-corrected chi connectivity index (χ0v) is 15.8. The highest BCUT2D eigenvalue weighted by atomic mass is 19.1. The Morgan fingerprint density at radius 2 is 1.69 bits per heavy atom. The number of carbonyl (C=O) groups excluding carboxylic acids is 1. The predicted octanol–water partition coefficient (Wildman–Crippen LogP) is 4.89. The molecule has 0 aliphatic heterocycles. The number of nitrogens with one attached hydrogen (secondary N) is 1. The molecule has 0 fully saturated rings. The number of hydrogen-bond donors (Lipinski definition) is 1. The van der Waals surface area contributed by atoms with E-state index in [9.17, 15) is 13.6 Å². The molecule has 4 aromatic rings. The van der Waals surface area contributed by atoms with Gasteiger partial charge in [-0.2, -0.15) is 0 Å². The minimum Gasteiger partial charge on any atom is -0.331 e. The molecule has 4 nitrogen and oxygen atoms in total. The highest BCUT2D eigenvalue weighted by Crippen LogP contribution is 2.22. The molecular formula is C23H19F2N3O. The van der Waals surface area contributed by atoms with Crippen LogP contribution in [0.5, 0.6) is 0 Å². The van der Waals surface area contributed by atoms with Gasteiger partial charge in [0.1, 0.15) is 23.0 Å². The SMILES string of the molecule is Cn1c(CCc2ccccc2)nc2cc(NC(=O)c3c(F)cccc3F)ccc21. The number of imidazole rings is 1.